The van der Waals surface area contributed by atoms with E-state index in [2.05, 4.69) is 5.73 Å². The Morgan fingerprint density at radius 3 is 1.33 bits per heavy atom. The van der Waals surface area contributed by atoms with Crippen LogP contribution in [0.1, 0.15) is 0 Å². The first-order chi connectivity index (χ1) is 2.27. The van der Waals surface area contributed by atoms with E-state index in [1.807, 2.05) is 0 Å². The first-order valence-corrected chi connectivity index (χ1v) is 1.19. The number of rotatable bonds is 1. The van der Waals surface area contributed by atoms with Crippen molar-refractivity contribution in [1.82, 2.24) is 0 Å². The molecule has 0 amide bonds. The maximum Gasteiger partial charge on any atom is 0.317 e. The fourth-order valence-corrected chi connectivity index (χ4v) is 0. The average molecular weight is 147 g/mol. The SMILES string of the molecule is NCC(=O)O.O.O.O.O. The van der Waals surface area contributed by atoms with Crippen molar-refractivity contribution < 1.29 is 31.8 Å². The van der Waals surface area contributed by atoms with E-state index < -0.39 is 5.97 Å². The molecule has 0 bridgehead atoms. The van der Waals surface area contributed by atoms with Gasteiger partial charge in [-0.2, -0.15) is 0 Å². The molecule has 0 unspecified atom stereocenters. The molecule has 0 aliphatic heterocycles. The van der Waals surface area contributed by atoms with Gasteiger partial charge in [0.1, 0.15) is 0 Å². The van der Waals surface area contributed by atoms with Crippen LogP contribution in [0.25, 0.3) is 0 Å². The summed E-state index contributed by atoms with van der Waals surface area (Å²) in [6.45, 7) is -0.278. The Labute approximate surface area is 51.3 Å². The number of hydrogen-bond donors (Lipinski definition) is 2. The molecule has 0 aliphatic rings. The first kappa shape index (κ1) is 40.9. The molecule has 0 rings (SSSR count). The third-order valence-electron chi connectivity index (χ3n) is 0.175. The van der Waals surface area contributed by atoms with E-state index in [1.54, 1.807) is 0 Å². The summed E-state index contributed by atoms with van der Waals surface area (Å²) in [5, 5.41) is 7.60. The summed E-state index contributed by atoms with van der Waals surface area (Å²) in [5.74, 6) is -0.968. The molecule has 62 valence electrons. The number of carbonyl (C=O) groups is 1. The molecule has 0 heterocycles. The van der Waals surface area contributed by atoms with E-state index in [1.165, 1.54) is 0 Å². The molecule has 7 heteroatoms. The summed E-state index contributed by atoms with van der Waals surface area (Å²) >= 11 is 0. The second-order valence-electron chi connectivity index (χ2n) is 0.598. The van der Waals surface area contributed by atoms with Crippen LogP contribution in [0.4, 0.5) is 0 Å². The second kappa shape index (κ2) is 26.7. The van der Waals surface area contributed by atoms with Gasteiger partial charge in [-0.05, 0) is 0 Å². The molecule has 0 aliphatic carbocycles. The zero-order valence-corrected chi connectivity index (χ0v) is 4.64. The van der Waals surface area contributed by atoms with Crippen LogP contribution in [0.15, 0.2) is 0 Å². The maximum atomic E-state index is 9.24. The van der Waals surface area contributed by atoms with Crippen LogP contribution in [0.2, 0.25) is 0 Å². The summed E-state index contributed by atoms with van der Waals surface area (Å²) in [6, 6.07) is 0. The Bertz CT molecular complexity index is 46.3. The molecule has 0 atom stereocenters. The Hall–Kier alpha value is -0.730. The molecular weight excluding hydrogens is 134 g/mol. The van der Waals surface area contributed by atoms with Gasteiger partial charge in [-0.25, -0.2) is 0 Å². The van der Waals surface area contributed by atoms with Crippen LogP contribution in [0.3, 0.4) is 0 Å². The Kier molecular flexibility index (Phi) is 121. The highest BCUT2D eigenvalue weighted by molar-refractivity contribution is 5.68. The molecular formula is C2H13NO6. The van der Waals surface area contributed by atoms with Crippen LogP contribution in [0.5, 0.6) is 0 Å². The van der Waals surface area contributed by atoms with E-state index in [4.69, 9.17) is 5.11 Å². The number of carboxylic acids is 1. The van der Waals surface area contributed by atoms with Crippen molar-refractivity contribution in [2.45, 2.75) is 0 Å². The third kappa shape index (κ3) is 125. The highest BCUT2D eigenvalue weighted by Crippen LogP contribution is 1.43. The van der Waals surface area contributed by atoms with Crippen LogP contribution in [-0.4, -0.2) is 39.5 Å². The van der Waals surface area contributed by atoms with Crippen molar-refractivity contribution >= 4 is 5.97 Å². The van der Waals surface area contributed by atoms with Gasteiger partial charge in [-0.1, -0.05) is 0 Å². The lowest BCUT2D eigenvalue weighted by Gasteiger charge is -1.73. The third-order valence-corrected chi connectivity index (χ3v) is 0.175. The number of aliphatic carboxylic acids is 1. The minimum absolute atomic E-state index is 0. The fourth-order valence-electron chi connectivity index (χ4n) is 0. The fraction of sp³-hybridized carbons (Fsp3) is 0.500. The van der Waals surface area contributed by atoms with Gasteiger partial charge >= 0.3 is 5.97 Å². The smallest absolute Gasteiger partial charge is 0.317 e. The lowest BCUT2D eigenvalue weighted by Crippen LogP contribution is -2.10. The van der Waals surface area contributed by atoms with E-state index in [0.29, 0.717) is 0 Å². The Morgan fingerprint density at radius 1 is 1.22 bits per heavy atom. The van der Waals surface area contributed by atoms with Crippen LogP contribution >= 0.6 is 0 Å². The topological polar surface area (TPSA) is 189 Å². The van der Waals surface area contributed by atoms with E-state index in [9.17, 15) is 4.79 Å². The molecule has 0 saturated heterocycles. The van der Waals surface area contributed by atoms with Crippen LogP contribution in [0, 0.1) is 0 Å². The summed E-state index contributed by atoms with van der Waals surface area (Å²) in [6.07, 6.45) is 0. The number of nitrogens with two attached hydrogens (primary N) is 1. The highest BCUT2D eigenvalue weighted by Gasteiger charge is 1.81. The molecule has 7 nitrogen and oxygen atoms in total. The van der Waals surface area contributed by atoms with E-state index in [0.717, 1.165) is 0 Å². The molecule has 0 fully saturated rings. The summed E-state index contributed by atoms with van der Waals surface area (Å²) in [7, 11) is 0. The number of hydrogen-bond acceptors (Lipinski definition) is 2. The second-order valence-corrected chi connectivity index (χ2v) is 0.598. The van der Waals surface area contributed by atoms with E-state index in [-0.39, 0.29) is 28.4 Å². The Morgan fingerprint density at radius 2 is 1.33 bits per heavy atom. The Balaban J connectivity index is -0.0000000133. The van der Waals surface area contributed by atoms with Crippen molar-refractivity contribution in [3.05, 3.63) is 0 Å². The quantitative estimate of drug-likeness (QED) is 0.380. The van der Waals surface area contributed by atoms with Crippen molar-refractivity contribution in [3.8, 4) is 0 Å². The first-order valence-electron chi connectivity index (χ1n) is 1.19. The predicted molar refractivity (Wildman–Crippen MR) is 31.1 cm³/mol. The van der Waals surface area contributed by atoms with Gasteiger partial charge in [0.25, 0.3) is 0 Å². The molecule has 11 N–H and O–H groups in total. The molecule has 9 heavy (non-hydrogen) atoms. The summed E-state index contributed by atoms with van der Waals surface area (Å²) in [4.78, 5) is 9.24. The maximum absolute atomic E-state index is 9.24. The minimum atomic E-state index is -0.968. The van der Waals surface area contributed by atoms with E-state index >= 15 is 0 Å². The molecule has 0 saturated carbocycles. The van der Waals surface area contributed by atoms with Crippen molar-refractivity contribution in [3.63, 3.8) is 0 Å². The van der Waals surface area contributed by atoms with Crippen LogP contribution in [-0.2, 0) is 4.79 Å². The lowest BCUT2D eigenvalue weighted by atomic mass is 10.7. The van der Waals surface area contributed by atoms with Crippen molar-refractivity contribution in [2.24, 2.45) is 5.73 Å². The zero-order chi connectivity index (χ0) is 4.28. The van der Waals surface area contributed by atoms with Crippen molar-refractivity contribution in [2.75, 3.05) is 6.54 Å². The van der Waals surface area contributed by atoms with Gasteiger partial charge in [-0.3, -0.25) is 4.79 Å². The molecule has 0 aromatic rings. The van der Waals surface area contributed by atoms with Gasteiger partial charge in [0.2, 0.25) is 0 Å². The summed E-state index contributed by atoms with van der Waals surface area (Å²) in [5.41, 5.74) is 4.57. The van der Waals surface area contributed by atoms with Crippen LogP contribution < -0.4 is 5.73 Å². The standard InChI is InChI=1S/C2H5NO2.4H2O/c3-1-2(4)5;;;;/h1,3H2,(H,4,5);4*1H2. The molecule has 0 radical (unpaired) electrons. The minimum Gasteiger partial charge on any atom is -0.480 e. The molecule has 0 aromatic carbocycles. The zero-order valence-electron chi connectivity index (χ0n) is 4.64. The highest BCUT2D eigenvalue weighted by atomic mass is 16.4. The van der Waals surface area contributed by atoms with Gasteiger partial charge in [0.05, 0.1) is 6.54 Å². The predicted octanol–water partition coefficient (Wildman–Crippen LogP) is -4.27. The lowest BCUT2D eigenvalue weighted by molar-refractivity contribution is -0.135. The molecule has 0 aromatic heterocycles. The van der Waals surface area contributed by atoms with Crippen molar-refractivity contribution in [1.29, 1.82) is 0 Å². The number of carboxylic acid groups (broad SMARTS) is 1. The van der Waals surface area contributed by atoms with Gasteiger partial charge in [0.15, 0.2) is 0 Å². The monoisotopic (exact) mass is 147 g/mol. The van der Waals surface area contributed by atoms with Gasteiger partial charge in [0, 0.05) is 0 Å². The molecule has 0 spiro atoms. The van der Waals surface area contributed by atoms with Gasteiger partial charge < -0.3 is 32.7 Å². The average Bonchev–Trinajstić information content (AvgIpc) is 1.38. The van der Waals surface area contributed by atoms with Gasteiger partial charge in [-0.15, -0.1) is 0 Å². The largest absolute Gasteiger partial charge is 0.480 e. The summed E-state index contributed by atoms with van der Waals surface area (Å²) < 4.78 is 0. The normalized spacial score (nSPS) is 4.11.